The van der Waals surface area contributed by atoms with Crippen LogP contribution in [0.4, 0.5) is 4.39 Å². The van der Waals surface area contributed by atoms with E-state index in [0.29, 0.717) is 5.02 Å². The quantitative estimate of drug-likeness (QED) is 0.640. The third-order valence-corrected chi connectivity index (χ3v) is 4.50. The van der Waals surface area contributed by atoms with Crippen LogP contribution >= 0.6 is 23.4 Å². The summed E-state index contributed by atoms with van der Waals surface area (Å²) < 4.78 is 19.0. The van der Waals surface area contributed by atoms with Crippen molar-refractivity contribution < 1.29 is 24.4 Å². The van der Waals surface area contributed by atoms with Gasteiger partial charge in [0, 0.05) is 9.92 Å². The molecule has 5 unspecified atom stereocenters. The Balaban J connectivity index is 2.17. The molecule has 1 fully saturated rings. The summed E-state index contributed by atoms with van der Waals surface area (Å²) in [5, 5.41) is 29.2. The van der Waals surface area contributed by atoms with E-state index < -0.39 is 42.2 Å². The minimum Gasteiger partial charge on any atom is -0.394 e. The van der Waals surface area contributed by atoms with Gasteiger partial charge in [0.15, 0.2) is 0 Å². The standard InChI is InChI=1S/C12H15ClFNO4S/c13-5-1-2-6(14)8(3-5)20-12-11(18)9(15)10(17)7(4-16)19-12/h1-3,7,9-12,16-18H,4,15H2. The summed E-state index contributed by atoms with van der Waals surface area (Å²) in [5.41, 5.74) is 4.77. The van der Waals surface area contributed by atoms with Crippen LogP contribution in [0.25, 0.3) is 0 Å². The molecule has 1 aromatic rings. The number of rotatable bonds is 3. The first kappa shape index (κ1) is 16.0. The third-order valence-electron chi connectivity index (χ3n) is 3.07. The predicted octanol–water partition coefficient (Wildman–Crippen LogP) is 0.338. The Hall–Kier alpha value is -0.410. The fraction of sp³-hybridized carbons (Fsp3) is 0.500. The number of aliphatic hydroxyl groups is 3. The highest BCUT2D eigenvalue weighted by molar-refractivity contribution is 7.99. The van der Waals surface area contributed by atoms with Gasteiger partial charge in [0.25, 0.3) is 0 Å². The summed E-state index contributed by atoms with van der Waals surface area (Å²) in [4.78, 5) is 0.196. The van der Waals surface area contributed by atoms with E-state index in [0.717, 1.165) is 11.8 Å². The fourth-order valence-corrected chi connectivity index (χ4v) is 3.29. The van der Waals surface area contributed by atoms with E-state index in [1.54, 1.807) is 0 Å². The summed E-state index contributed by atoms with van der Waals surface area (Å²) in [6.45, 7) is -0.448. The Morgan fingerprint density at radius 1 is 1.35 bits per heavy atom. The van der Waals surface area contributed by atoms with E-state index in [1.807, 2.05) is 0 Å². The molecular weight excluding hydrogens is 309 g/mol. The number of halogens is 2. The first-order valence-corrected chi connectivity index (χ1v) is 7.19. The van der Waals surface area contributed by atoms with Gasteiger partial charge in [-0.1, -0.05) is 23.4 Å². The maximum atomic E-state index is 13.7. The molecule has 5 N–H and O–H groups in total. The lowest BCUT2D eigenvalue weighted by Crippen LogP contribution is -2.61. The van der Waals surface area contributed by atoms with Gasteiger partial charge in [-0.15, -0.1) is 0 Å². The van der Waals surface area contributed by atoms with Gasteiger partial charge >= 0.3 is 0 Å². The minimum absolute atomic E-state index is 0.196. The minimum atomic E-state index is -1.20. The Labute approximate surface area is 124 Å². The lowest BCUT2D eigenvalue weighted by molar-refractivity contribution is -0.160. The van der Waals surface area contributed by atoms with E-state index in [4.69, 9.17) is 27.2 Å². The van der Waals surface area contributed by atoms with Crippen molar-refractivity contribution in [1.29, 1.82) is 0 Å². The van der Waals surface area contributed by atoms with Gasteiger partial charge in [-0.25, -0.2) is 4.39 Å². The Morgan fingerprint density at radius 3 is 2.70 bits per heavy atom. The molecule has 0 saturated carbocycles. The summed E-state index contributed by atoms with van der Waals surface area (Å²) >= 11 is 6.70. The van der Waals surface area contributed by atoms with Gasteiger partial charge < -0.3 is 25.8 Å². The topological polar surface area (TPSA) is 95.9 Å². The van der Waals surface area contributed by atoms with Crippen molar-refractivity contribution in [2.24, 2.45) is 5.73 Å². The van der Waals surface area contributed by atoms with Crippen molar-refractivity contribution in [3.05, 3.63) is 29.0 Å². The molecule has 1 aliphatic rings. The van der Waals surface area contributed by atoms with Gasteiger partial charge in [-0.2, -0.15) is 0 Å². The molecule has 5 atom stereocenters. The maximum Gasteiger partial charge on any atom is 0.136 e. The van der Waals surface area contributed by atoms with Crippen molar-refractivity contribution in [2.45, 2.75) is 34.7 Å². The van der Waals surface area contributed by atoms with Crippen molar-refractivity contribution in [2.75, 3.05) is 6.61 Å². The van der Waals surface area contributed by atoms with Crippen LogP contribution in [0.1, 0.15) is 0 Å². The van der Waals surface area contributed by atoms with E-state index >= 15 is 0 Å². The molecule has 1 heterocycles. The molecule has 8 heteroatoms. The van der Waals surface area contributed by atoms with Crippen molar-refractivity contribution in [3.8, 4) is 0 Å². The zero-order valence-electron chi connectivity index (χ0n) is 10.3. The highest BCUT2D eigenvalue weighted by Gasteiger charge is 2.42. The first-order chi connectivity index (χ1) is 9.43. The number of benzene rings is 1. The Morgan fingerprint density at radius 2 is 2.05 bits per heavy atom. The molecule has 5 nitrogen and oxygen atoms in total. The van der Waals surface area contributed by atoms with E-state index in [1.165, 1.54) is 18.2 Å². The van der Waals surface area contributed by atoms with E-state index in [-0.39, 0.29) is 4.90 Å². The average Bonchev–Trinajstić information content (AvgIpc) is 2.43. The van der Waals surface area contributed by atoms with E-state index in [2.05, 4.69) is 0 Å². The van der Waals surface area contributed by atoms with Gasteiger partial charge in [0.05, 0.1) is 12.6 Å². The van der Waals surface area contributed by atoms with Crippen LogP contribution in [0, 0.1) is 5.82 Å². The number of ether oxygens (including phenoxy) is 1. The van der Waals surface area contributed by atoms with Crippen molar-refractivity contribution in [3.63, 3.8) is 0 Å². The summed E-state index contributed by atoms with van der Waals surface area (Å²) in [6.07, 6.45) is -3.31. The second-order valence-electron chi connectivity index (χ2n) is 4.48. The molecule has 1 saturated heterocycles. The zero-order valence-corrected chi connectivity index (χ0v) is 11.9. The lowest BCUT2D eigenvalue weighted by atomic mass is 9.98. The molecule has 0 aliphatic carbocycles. The molecular formula is C12H15ClFNO4S. The molecule has 0 aromatic heterocycles. The number of thioether (sulfide) groups is 1. The van der Waals surface area contributed by atoms with Crippen LogP contribution in [-0.4, -0.2) is 51.7 Å². The molecule has 20 heavy (non-hydrogen) atoms. The smallest absolute Gasteiger partial charge is 0.136 e. The predicted molar refractivity (Wildman–Crippen MR) is 73.0 cm³/mol. The Bertz CT molecular complexity index is 479. The average molecular weight is 324 g/mol. The molecule has 2 rings (SSSR count). The second kappa shape index (κ2) is 6.57. The van der Waals surface area contributed by atoms with Gasteiger partial charge in [0.2, 0.25) is 0 Å². The number of nitrogens with two attached hydrogens (primary N) is 1. The van der Waals surface area contributed by atoms with Crippen molar-refractivity contribution >= 4 is 23.4 Å². The number of hydrogen-bond donors (Lipinski definition) is 4. The lowest BCUT2D eigenvalue weighted by Gasteiger charge is -2.40. The Kier molecular flexibility index (Phi) is 5.25. The zero-order chi connectivity index (χ0) is 14.9. The largest absolute Gasteiger partial charge is 0.394 e. The monoisotopic (exact) mass is 323 g/mol. The van der Waals surface area contributed by atoms with Crippen LogP contribution < -0.4 is 5.73 Å². The second-order valence-corrected chi connectivity index (χ2v) is 6.05. The highest BCUT2D eigenvalue weighted by Crippen LogP contribution is 2.35. The maximum absolute atomic E-state index is 13.7. The summed E-state index contributed by atoms with van der Waals surface area (Å²) in [6, 6.07) is 3.03. The molecule has 1 aromatic carbocycles. The van der Waals surface area contributed by atoms with Crippen LogP contribution in [0.3, 0.4) is 0 Å². The van der Waals surface area contributed by atoms with Crippen LogP contribution in [0.2, 0.25) is 5.02 Å². The molecule has 0 spiro atoms. The fourth-order valence-electron chi connectivity index (χ4n) is 1.91. The van der Waals surface area contributed by atoms with Gasteiger partial charge in [0.1, 0.15) is 29.6 Å². The summed E-state index contributed by atoms with van der Waals surface area (Å²) in [7, 11) is 0. The molecule has 1 aliphatic heterocycles. The highest BCUT2D eigenvalue weighted by atomic mass is 35.5. The molecule has 112 valence electrons. The SMILES string of the molecule is NC1C(O)C(CO)OC(Sc2cc(Cl)ccc2F)C1O. The normalized spacial score (nSPS) is 34.2. The van der Waals surface area contributed by atoms with E-state index in [9.17, 15) is 14.6 Å². The first-order valence-electron chi connectivity index (χ1n) is 5.93. The summed E-state index contributed by atoms with van der Waals surface area (Å²) in [5.74, 6) is -0.504. The molecule has 0 radical (unpaired) electrons. The van der Waals surface area contributed by atoms with Crippen LogP contribution in [0.15, 0.2) is 23.1 Å². The van der Waals surface area contributed by atoms with Crippen LogP contribution in [-0.2, 0) is 4.74 Å². The third kappa shape index (κ3) is 3.25. The number of hydrogen-bond acceptors (Lipinski definition) is 6. The van der Waals surface area contributed by atoms with Crippen LogP contribution in [0.5, 0.6) is 0 Å². The van der Waals surface area contributed by atoms with Crippen molar-refractivity contribution in [1.82, 2.24) is 0 Å². The van der Waals surface area contributed by atoms with Gasteiger partial charge in [-0.05, 0) is 18.2 Å². The molecule has 0 bridgehead atoms. The van der Waals surface area contributed by atoms with Gasteiger partial charge in [-0.3, -0.25) is 0 Å². The molecule has 0 amide bonds. The number of aliphatic hydroxyl groups excluding tert-OH is 3.